The van der Waals surface area contributed by atoms with Gasteiger partial charge in [-0.25, -0.2) is 0 Å². The van der Waals surface area contributed by atoms with Crippen LogP contribution in [0.4, 0.5) is 5.69 Å². The van der Waals surface area contributed by atoms with Crippen LogP contribution in [-0.2, 0) is 7.05 Å². The van der Waals surface area contributed by atoms with Crippen LogP contribution in [0.5, 0.6) is 0 Å². The quantitative estimate of drug-likeness (QED) is 0.910. The van der Waals surface area contributed by atoms with Crippen LogP contribution in [0.25, 0.3) is 0 Å². The third kappa shape index (κ3) is 3.31. The van der Waals surface area contributed by atoms with Gasteiger partial charge in [0, 0.05) is 24.3 Å². The Morgan fingerprint density at radius 2 is 2.35 bits per heavy atom. The molecular weight excluding hydrogens is 282 g/mol. The van der Waals surface area contributed by atoms with Crippen molar-refractivity contribution in [2.45, 2.75) is 6.10 Å². The number of aryl methyl sites for hydroxylation is 1. The van der Waals surface area contributed by atoms with E-state index >= 15 is 0 Å². The van der Waals surface area contributed by atoms with Crippen LogP contribution in [0.3, 0.4) is 0 Å². The molecule has 0 saturated heterocycles. The molecule has 0 aliphatic rings. The van der Waals surface area contributed by atoms with E-state index in [2.05, 4.69) is 26.3 Å². The third-order valence-electron chi connectivity index (χ3n) is 2.44. The molecule has 2 rings (SSSR count). The molecule has 0 aliphatic carbocycles. The zero-order valence-corrected chi connectivity index (χ0v) is 11.1. The molecule has 0 saturated carbocycles. The summed E-state index contributed by atoms with van der Waals surface area (Å²) in [5.74, 6) is 0. The number of rotatable bonds is 4. The largest absolute Gasteiger partial charge is 0.387 e. The molecule has 17 heavy (non-hydrogen) atoms. The lowest BCUT2D eigenvalue weighted by molar-refractivity contribution is 0.191. The maximum Gasteiger partial charge on any atom is 0.0962 e. The number of benzene rings is 1. The highest BCUT2D eigenvalue weighted by atomic mass is 79.9. The van der Waals surface area contributed by atoms with E-state index in [1.54, 1.807) is 10.9 Å². The summed E-state index contributed by atoms with van der Waals surface area (Å²) in [5.41, 5.74) is 1.79. The summed E-state index contributed by atoms with van der Waals surface area (Å²) in [5, 5.41) is 17.2. The number of aromatic nitrogens is 2. The Hall–Kier alpha value is -1.33. The monoisotopic (exact) mass is 295 g/mol. The molecule has 2 N–H and O–H groups in total. The minimum atomic E-state index is -0.535. The molecule has 90 valence electrons. The van der Waals surface area contributed by atoms with Gasteiger partial charge in [0.2, 0.25) is 0 Å². The lowest BCUT2D eigenvalue weighted by atomic mass is 10.1. The van der Waals surface area contributed by atoms with Crippen LogP contribution >= 0.6 is 15.9 Å². The minimum absolute atomic E-state index is 0.460. The highest BCUT2D eigenvalue weighted by Crippen LogP contribution is 2.18. The van der Waals surface area contributed by atoms with Crippen molar-refractivity contribution < 1.29 is 5.11 Å². The fourth-order valence-corrected chi connectivity index (χ4v) is 1.98. The van der Waals surface area contributed by atoms with Gasteiger partial charge in [0.25, 0.3) is 0 Å². The van der Waals surface area contributed by atoms with Crippen molar-refractivity contribution in [2.24, 2.45) is 7.05 Å². The molecule has 5 heteroatoms. The second kappa shape index (κ2) is 5.33. The second-order valence-corrected chi connectivity index (χ2v) is 4.77. The van der Waals surface area contributed by atoms with Gasteiger partial charge in [-0.15, -0.1) is 0 Å². The van der Waals surface area contributed by atoms with Crippen LogP contribution in [0, 0.1) is 0 Å². The van der Waals surface area contributed by atoms with E-state index in [0.29, 0.717) is 6.54 Å². The Kier molecular flexibility index (Phi) is 3.81. The van der Waals surface area contributed by atoms with Gasteiger partial charge in [-0.05, 0) is 17.7 Å². The Morgan fingerprint density at radius 3 is 3.00 bits per heavy atom. The topological polar surface area (TPSA) is 50.1 Å². The molecule has 0 radical (unpaired) electrons. The molecule has 1 heterocycles. The van der Waals surface area contributed by atoms with Crippen molar-refractivity contribution in [1.29, 1.82) is 0 Å². The molecule has 1 unspecified atom stereocenters. The first-order valence-corrected chi connectivity index (χ1v) is 6.10. The maximum absolute atomic E-state index is 10.0. The summed E-state index contributed by atoms with van der Waals surface area (Å²) in [6, 6.07) is 7.66. The van der Waals surface area contributed by atoms with Crippen molar-refractivity contribution in [3.8, 4) is 0 Å². The fraction of sp³-hybridized carbons (Fsp3) is 0.250. The summed E-state index contributed by atoms with van der Waals surface area (Å²) in [6.07, 6.45) is 3.06. The average molecular weight is 296 g/mol. The van der Waals surface area contributed by atoms with Crippen LogP contribution in [0.2, 0.25) is 0 Å². The number of hydrogen-bond acceptors (Lipinski definition) is 3. The van der Waals surface area contributed by atoms with E-state index in [9.17, 15) is 5.11 Å². The highest BCUT2D eigenvalue weighted by Gasteiger charge is 2.07. The second-order valence-electron chi connectivity index (χ2n) is 3.85. The highest BCUT2D eigenvalue weighted by molar-refractivity contribution is 9.10. The Labute approximate surface area is 108 Å². The van der Waals surface area contributed by atoms with Gasteiger partial charge in [0.1, 0.15) is 0 Å². The molecule has 1 aromatic heterocycles. The molecule has 0 fully saturated rings. The fourth-order valence-electron chi connectivity index (χ4n) is 1.56. The number of anilines is 1. The van der Waals surface area contributed by atoms with Crippen molar-refractivity contribution in [1.82, 2.24) is 9.78 Å². The molecule has 0 aliphatic heterocycles. The zero-order valence-electron chi connectivity index (χ0n) is 9.47. The van der Waals surface area contributed by atoms with Crippen molar-refractivity contribution >= 4 is 21.6 Å². The van der Waals surface area contributed by atoms with Gasteiger partial charge in [-0.3, -0.25) is 4.68 Å². The van der Waals surface area contributed by atoms with Gasteiger partial charge < -0.3 is 10.4 Å². The van der Waals surface area contributed by atoms with Gasteiger partial charge >= 0.3 is 0 Å². The van der Waals surface area contributed by atoms with Crippen LogP contribution in [0.15, 0.2) is 41.1 Å². The van der Waals surface area contributed by atoms with E-state index in [1.807, 2.05) is 37.5 Å². The number of nitrogens with one attached hydrogen (secondary N) is 1. The number of aliphatic hydroxyl groups excluding tert-OH is 1. The SMILES string of the molecule is Cn1cc(NCC(O)c2cccc(Br)c2)cn1. The molecular formula is C12H14BrN3O. The summed E-state index contributed by atoms with van der Waals surface area (Å²) in [4.78, 5) is 0. The molecule has 0 bridgehead atoms. The number of nitrogens with zero attached hydrogens (tertiary/aromatic N) is 2. The Bertz CT molecular complexity index is 498. The third-order valence-corrected chi connectivity index (χ3v) is 2.93. The normalized spacial score (nSPS) is 12.4. The van der Waals surface area contributed by atoms with Crippen molar-refractivity contribution in [3.05, 3.63) is 46.7 Å². The predicted octanol–water partition coefficient (Wildman–Crippen LogP) is 2.33. The maximum atomic E-state index is 10.0. The zero-order chi connectivity index (χ0) is 12.3. The predicted molar refractivity (Wildman–Crippen MR) is 70.8 cm³/mol. The number of aliphatic hydroxyl groups is 1. The van der Waals surface area contributed by atoms with Crippen molar-refractivity contribution in [3.63, 3.8) is 0 Å². The first-order valence-electron chi connectivity index (χ1n) is 5.31. The Morgan fingerprint density at radius 1 is 1.53 bits per heavy atom. The average Bonchev–Trinajstić information content (AvgIpc) is 2.72. The lowest BCUT2D eigenvalue weighted by Crippen LogP contribution is -2.11. The first-order chi connectivity index (χ1) is 8.15. The lowest BCUT2D eigenvalue weighted by Gasteiger charge is -2.12. The van der Waals surface area contributed by atoms with Gasteiger partial charge in [0.15, 0.2) is 0 Å². The van der Waals surface area contributed by atoms with Gasteiger partial charge in [-0.2, -0.15) is 5.10 Å². The van der Waals surface area contributed by atoms with Crippen LogP contribution < -0.4 is 5.32 Å². The number of hydrogen-bond donors (Lipinski definition) is 2. The molecule has 2 aromatic rings. The molecule has 0 spiro atoms. The summed E-state index contributed by atoms with van der Waals surface area (Å²) in [7, 11) is 1.86. The molecule has 4 nitrogen and oxygen atoms in total. The van der Waals surface area contributed by atoms with Crippen LogP contribution in [0.1, 0.15) is 11.7 Å². The molecule has 0 amide bonds. The van der Waals surface area contributed by atoms with E-state index < -0.39 is 6.10 Å². The molecule has 1 aromatic carbocycles. The van der Waals surface area contributed by atoms with Gasteiger partial charge in [0.05, 0.1) is 18.0 Å². The standard InChI is InChI=1S/C12H14BrN3O/c1-16-8-11(6-15-16)14-7-12(17)9-3-2-4-10(13)5-9/h2-6,8,12,14,17H,7H2,1H3. The summed E-state index contributed by atoms with van der Waals surface area (Å²) in [6.45, 7) is 0.460. The summed E-state index contributed by atoms with van der Waals surface area (Å²) >= 11 is 3.38. The van der Waals surface area contributed by atoms with Crippen molar-refractivity contribution in [2.75, 3.05) is 11.9 Å². The Balaban J connectivity index is 1.95. The van der Waals surface area contributed by atoms with Crippen LogP contribution in [-0.4, -0.2) is 21.4 Å². The van der Waals surface area contributed by atoms with E-state index in [4.69, 9.17) is 0 Å². The summed E-state index contributed by atoms with van der Waals surface area (Å²) < 4.78 is 2.68. The molecule has 1 atom stereocenters. The van der Waals surface area contributed by atoms with E-state index in [-0.39, 0.29) is 0 Å². The number of halogens is 1. The van der Waals surface area contributed by atoms with E-state index in [1.165, 1.54) is 0 Å². The minimum Gasteiger partial charge on any atom is -0.387 e. The van der Waals surface area contributed by atoms with E-state index in [0.717, 1.165) is 15.7 Å². The van der Waals surface area contributed by atoms with Gasteiger partial charge in [-0.1, -0.05) is 28.1 Å². The smallest absolute Gasteiger partial charge is 0.0962 e. The first kappa shape index (κ1) is 12.1.